The number of hydrazone groups is 1. The van der Waals surface area contributed by atoms with E-state index in [4.69, 9.17) is 4.74 Å². The minimum atomic E-state index is -0.174. The zero-order valence-corrected chi connectivity index (χ0v) is 15.2. The number of methoxy groups -OCH3 is 1. The fourth-order valence-corrected chi connectivity index (χ4v) is 4.25. The number of nitrogens with one attached hydrogen (secondary N) is 1. The zero-order valence-electron chi connectivity index (χ0n) is 14.4. The molecule has 4 nitrogen and oxygen atoms in total. The summed E-state index contributed by atoms with van der Waals surface area (Å²) in [5, 5.41) is 4.07. The first-order chi connectivity index (χ1) is 12.7. The lowest BCUT2D eigenvalue weighted by Crippen LogP contribution is -2.16. The summed E-state index contributed by atoms with van der Waals surface area (Å²) in [5.41, 5.74) is 7.36. The topological polar surface area (TPSA) is 50.7 Å². The quantitative estimate of drug-likeness (QED) is 0.556. The zero-order chi connectivity index (χ0) is 17.9. The largest absolute Gasteiger partial charge is 0.497 e. The van der Waals surface area contributed by atoms with Crippen LogP contribution in [0, 0.1) is 0 Å². The van der Waals surface area contributed by atoms with E-state index in [1.807, 2.05) is 36.4 Å². The van der Waals surface area contributed by atoms with Crippen LogP contribution < -0.4 is 10.2 Å². The molecule has 0 atom stereocenters. The maximum atomic E-state index is 12.4. The Bertz CT molecular complexity index is 974. The van der Waals surface area contributed by atoms with Crippen molar-refractivity contribution in [1.82, 2.24) is 5.43 Å². The number of thiophene rings is 1. The number of carbonyl (C=O) groups is 1. The molecule has 1 amide bonds. The Labute approximate surface area is 156 Å². The summed E-state index contributed by atoms with van der Waals surface area (Å²) in [6.07, 6.45) is 3.63. The van der Waals surface area contributed by atoms with E-state index >= 15 is 0 Å². The Morgan fingerprint density at radius 3 is 2.69 bits per heavy atom. The molecule has 0 spiro atoms. The van der Waals surface area contributed by atoms with Crippen molar-refractivity contribution in [2.75, 3.05) is 7.11 Å². The number of ether oxygens (including phenoxy) is 1. The highest BCUT2D eigenvalue weighted by molar-refractivity contribution is 7.17. The van der Waals surface area contributed by atoms with Crippen molar-refractivity contribution >= 4 is 23.5 Å². The first kappa shape index (κ1) is 16.5. The molecule has 0 unspecified atom stereocenters. The van der Waals surface area contributed by atoms with Crippen molar-refractivity contribution in [3.63, 3.8) is 0 Å². The molecule has 4 rings (SSSR count). The van der Waals surface area contributed by atoms with E-state index in [2.05, 4.69) is 28.7 Å². The average molecular weight is 362 g/mol. The van der Waals surface area contributed by atoms with Gasteiger partial charge in [0.1, 0.15) is 5.75 Å². The minimum Gasteiger partial charge on any atom is -0.497 e. The Kier molecular flexibility index (Phi) is 4.54. The highest BCUT2D eigenvalue weighted by atomic mass is 32.1. The van der Waals surface area contributed by atoms with Gasteiger partial charge < -0.3 is 4.74 Å². The Hall–Kier alpha value is -2.92. The fourth-order valence-electron chi connectivity index (χ4n) is 3.09. The highest BCUT2D eigenvalue weighted by Gasteiger charge is 2.21. The average Bonchev–Trinajstić information content (AvgIpc) is 3.13. The van der Waals surface area contributed by atoms with Crippen LogP contribution in [-0.2, 0) is 12.8 Å². The van der Waals surface area contributed by atoms with Crippen LogP contribution in [0.25, 0.3) is 10.4 Å². The summed E-state index contributed by atoms with van der Waals surface area (Å²) < 4.78 is 5.12. The van der Waals surface area contributed by atoms with Crippen molar-refractivity contribution in [2.24, 2.45) is 5.10 Å². The molecule has 1 heterocycles. The van der Waals surface area contributed by atoms with Crippen LogP contribution in [0.2, 0.25) is 0 Å². The Morgan fingerprint density at radius 1 is 1.12 bits per heavy atom. The molecule has 0 fully saturated rings. The standard InChI is InChI=1S/C21H18N2O2S/c1-25-17-10-6-14(7-11-17)13-22-23-21(24)19-12-16-9-8-15-4-2-3-5-18(15)20(16)26-19/h2-7,10-13H,8-9H2,1H3,(H,23,24)/b22-13+. The number of hydrogen-bond acceptors (Lipinski definition) is 4. The SMILES string of the molecule is COc1ccc(/C=N/NC(=O)c2cc3c(s2)-c2ccccc2CC3)cc1. The molecule has 0 bridgehead atoms. The third kappa shape index (κ3) is 3.26. The molecule has 5 heteroatoms. The molecule has 1 aliphatic carbocycles. The van der Waals surface area contributed by atoms with Crippen molar-refractivity contribution in [2.45, 2.75) is 12.8 Å². The number of carbonyl (C=O) groups excluding carboxylic acids is 1. The van der Waals surface area contributed by atoms with Gasteiger partial charge in [-0.2, -0.15) is 5.10 Å². The lowest BCUT2D eigenvalue weighted by atomic mass is 9.91. The molecule has 1 N–H and O–H groups in total. The maximum absolute atomic E-state index is 12.4. The van der Waals surface area contributed by atoms with Crippen molar-refractivity contribution in [3.8, 4) is 16.2 Å². The van der Waals surface area contributed by atoms with Crippen LogP contribution in [0.1, 0.15) is 26.4 Å². The van der Waals surface area contributed by atoms with Crippen molar-refractivity contribution in [1.29, 1.82) is 0 Å². The van der Waals surface area contributed by atoms with E-state index in [9.17, 15) is 4.79 Å². The molecule has 1 aliphatic rings. The number of hydrogen-bond donors (Lipinski definition) is 1. The summed E-state index contributed by atoms with van der Waals surface area (Å²) >= 11 is 1.53. The van der Waals surface area contributed by atoms with Crippen LogP contribution in [0.3, 0.4) is 0 Å². The number of fused-ring (bicyclic) bond motifs is 3. The predicted octanol–water partition coefficient (Wildman–Crippen LogP) is 4.29. The van der Waals surface area contributed by atoms with E-state index in [0.717, 1.165) is 24.2 Å². The second-order valence-corrected chi connectivity index (χ2v) is 7.15. The van der Waals surface area contributed by atoms with Gasteiger partial charge in [0, 0.05) is 4.88 Å². The van der Waals surface area contributed by atoms with Gasteiger partial charge in [0.25, 0.3) is 5.91 Å². The van der Waals surface area contributed by atoms with Crippen LogP contribution in [0.15, 0.2) is 59.7 Å². The minimum absolute atomic E-state index is 0.174. The summed E-state index contributed by atoms with van der Waals surface area (Å²) in [5.74, 6) is 0.613. The molecule has 2 aromatic carbocycles. The number of nitrogens with zero attached hydrogens (tertiary/aromatic N) is 1. The first-order valence-electron chi connectivity index (χ1n) is 8.43. The van der Waals surface area contributed by atoms with Gasteiger partial charge in [-0.3, -0.25) is 4.79 Å². The van der Waals surface area contributed by atoms with E-state index in [1.54, 1.807) is 13.3 Å². The molecular formula is C21H18N2O2S. The van der Waals surface area contributed by atoms with Gasteiger partial charge in [0.15, 0.2) is 0 Å². The smallest absolute Gasteiger partial charge is 0.281 e. The Balaban J connectivity index is 1.48. The van der Waals surface area contributed by atoms with Gasteiger partial charge in [-0.15, -0.1) is 11.3 Å². The lowest BCUT2D eigenvalue weighted by molar-refractivity contribution is 0.0959. The number of amides is 1. The first-order valence-corrected chi connectivity index (χ1v) is 9.24. The fraction of sp³-hybridized carbons (Fsp3) is 0.143. The van der Waals surface area contributed by atoms with Gasteiger partial charge in [-0.05, 0) is 65.4 Å². The predicted molar refractivity (Wildman–Crippen MR) is 105 cm³/mol. The van der Waals surface area contributed by atoms with Gasteiger partial charge in [-0.25, -0.2) is 5.43 Å². The molecule has 0 saturated carbocycles. The molecule has 130 valence electrons. The molecule has 3 aromatic rings. The van der Waals surface area contributed by atoms with Crippen molar-refractivity contribution in [3.05, 3.63) is 76.2 Å². The third-order valence-corrected chi connectivity index (χ3v) is 5.66. The molecular weight excluding hydrogens is 344 g/mol. The Morgan fingerprint density at radius 2 is 1.88 bits per heavy atom. The van der Waals surface area contributed by atoms with Gasteiger partial charge in [0.2, 0.25) is 0 Å². The number of aryl methyl sites for hydroxylation is 2. The summed E-state index contributed by atoms with van der Waals surface area (Å²) in [7, 11) is 1.63. The van der Waals surface area contributed by atoms with Crippen molar-refractivity contribution < 1.29 is 9.53 Å². The van der Waals surface area contributed by atoms with Crippen LogP contribution in [-0.4, -0.2) is 19.2 Å². The van der Waals surface area contributed by atoms with E-state index < -0.39 is 0 Å². The molecule has 0 radical (unpaired) electrons. The normalized spacial score (nSPS) is 12.5. The molecule has 0 aliphatic heterocycles. The summed E-state index contributed by atoms with van der Waals surface area (Å²) in [6, 6.07) is 17.9. The highest BCUT2D eigenvalue weighted by Crippen LogP contribution is 2.39. The number of rotatable bonds is 4. The monoisotopic (exact) mass is 362 g/mol. The molecule has 1 aromatic heterocycles. The van der Waals surface area contributed by atoms with Gasteiger partial charge >= 0.3 is 0 Å². The van der Waals surface area contributed by atoms with Crippen LogP contribution >= 0.6 is 11.3 Å². The molecule has 26 heavy (non-hydrogen) atoms. The maximum Gasteiger partial charge on any atom is 0.281 e. The second-order valence-electron chi connectivity index (χ2n) is 6.09. The second kappa shape index (κ2) is 7.14. The van der Waals surface area contributed by atoms with Crippen LogP contribution in [0.5, 0.6) is 5.75 Å². The lowest BCUT2D eigenvalue weighted by Gasteiger charge is -2.15. The summed E-state index contributed by atoms with van der Waals surface area (Å²) in [6.45, 7) is 0. The molecule has 0 saturated heterocycles. The number of benzene rings is 2. The van der Waals surface area contributed by atoms with E-state index in [0.29, 0.717) is 4.88 Å². The van der Waals surface area contributed by atoms with Gasteiger partial charge in [-0.1, -0.05) is 24.3 Å². The van der Waals surface area contributed by atoms with Crippen LogP contribution in [0.4, 0.5) is 0 Å². The van der Waals surface area contributed by atoms with Gasteiger partial charge in [0.05, 0.1) is 18.2 Å². The third-order valence-electron chi connectivity index (χ3n) is 4.45. The van der Waals surface area contributed by atoms with E-state index in [1.165, 1.54) is 32.9 Å². The van der Waals surface area contributed by atoms with E-state index in [-0.39, 0.29) is 5.91 Å². The summed E-state index contributed by atoms with van der Waals surface area (Å²) in [4.78, 5) is 14.3.